The summed E-state index contributed by atoms with van der Waals surface area (Å²) in [5, 5.41) is 13.4. The van der Waals surface area contributed by atoms with E-state index in [9.17, 15) is 4.79 Å². The Bertz CT molecular complexity index is 562. The van der Waals surface area contributed by atoms with E-state index in [1.165, 1.54) is 25.0 Å². The highest BCUT2D eigenvalue weighted by Crippen LogP contribution is 2.49. The van der Waals surface area contributed by atoms with Gasteiger partial charge in [-0.25, -0.2) is 0 Å². The molecule has 3 atom stereocenters. The van der Waals surface area contributed by atoms with Crippen LogP contribution in [0.5, 0.6) is 0 Å². The van der Waals surface area contributed by atoms with Gasteiger partial charge in [0.05, 0.1) is 13.2 Å². The van der Waals surface area contributed by atoms with E-state index >= 15 is 0 Å². The zero-order chi connectivity index (χ0) is 15.8. The molecule has 2 heterocycles. The number of hydrogen-bond acceptors (Lipinski definition) is 3. The van der Waals surface area contributed by atoms with Crippen LogP contribution < -0.4 is 0 Å². The summed E-state index contributed by atoms with van der Waals surface area (Å²) in [5.74, 6) is 2.73. The lowest BCUT2D eigenvalue weighted by Crippen LogP contribution is -2.43. The SMILES string of the molecule is O=C(C1CC2CCC1C2)N1CCC(c2ccnn2CCO)CC1. The van der Waals surface area contributed by atoms with Crippen molar-refractivity contribution in [1.29, 1.82) is 0 Å². The van der Waals surface area contributed by atoms with E-state index in [2.05, 4.69) is 16.1 Å². The molecule has 5 heteroatoms. The van der Waals surface area contributed by atoms with E-state index in [0.717, 1.165) is 38.3 Å². The number of rotatable bonds is 4. The van der Waals surface area contributed by atoms with Gasteiger partial charge < -0.3 is 10.0 Å². The molecular formula is C18H27N3O2. The van der Waals surface area contributed by atoms with Crippen LogP contribution in [0.2, 0.25) is 0 Å². The number of carbonyl (C=O) groups is 1. The van der Waals surface area contributed by atoms with Crippen molar-refractivity contribution in [2.24, 2.45) is 17.8 Å². The van der Waals surface area contributed by atoms with Crippen molar-refractivity contribution in [3.8, 4) is 0 Å². The first-order valence-corrected chi connectivity index (χ1v) is 9.17. The molecule has 3 fully saturated rings. The molecule has 1 aromatic rings. The highest BCUT2D eigenvalue weighted by atomic mass is 16.3. The number of carbonyl (C=O) groups excluding carboxylic acids is 1. The third-order valence-electron chi connectivity index (χ3n) is 6.34. The Morgan fingerprint density at radius 2 is 2.04 bits per heavy atom. The fourth-order valence-electron chi connectivity index (χ4n) is 5.15. The number of hydrogen-bond donors (Lipinski definition) is 1. The molecule has 2 bridgehead atoms. The van der Waals surface area contributed by atoms with Gasteiger partial charge in [-0.15, -0.1) is 0 Å². The standard InChI is InChI=1S/C18H27N3O2/c22-10-9-21-17(3-6-19-21)14-4-7-20(8-5-14)18(23)16-12-13-1-2-15(16)11-13/h3,6,13-16,22H,1-2,4-5,7-12H2. The number of likely N-dealkylation sites (tertiary alicyclic amines) is 1. The number of aliphatic hydroxyl groups excluding tert-OH is 1. The quantitative estimate of drug-likeness (QED) is 0.924. The number of piperidine rings is 1. The zero-order valence-corrected chi connectivity index (χ0v) is 13.7. The van der Waals surface area contributed by atoms with Crippen LogP contribution in [0, 0.1) is 17.8 Å². The summed E-state index contributed by atoms with van der Waals surface area (Å²) in [6.45, 7) is 2.44. The first-order chi connectivity index (χ1) is 11.3. The Balaban J connectivity index is 1.35. The molecule has 5 nitrogen and oxygen atoms in total. The largest absolute Gasteiger partial charge is 0.394 e. The lowest BCUT2D eigenvalue weighted by Gasteiger charge is -2.35. The van der Waals surface area contributed by atoms with E-state index in [1.807, 2.05) is 10.9 Å². The van der Waals surface area contributed by atoms with E-state index in [0.29, 0.717) is 30.2 Å². The maximum atomic E-state index is 12.8. The van der Waals surface area contributed by atoms with Crippen LogP contribution >= 0.6 is 0 Å². The lowest BCUT2D eigenvalue weighted by molar-refractivity contribution is -0.138. The highest BCUT2D eigenvalue weighted by Gasteiger charge is 2.44. The molecule has 126 valence electrons. The first-order valence-electron chi connectivity index (χ1n) is 9.17. The summed E-state index contributed by atoms with van der Waals surface area (Å²) >= 11 is 0. The monoisotopic (exact) mass is 317 g/mol. The third-order valence-corrected chi connectivity index (χ3v) is 6.34. The smallest absolute Gasteiger partial charge is 0.225 e. The predicted molar refractivity (Wildman–Crippen MR) is 86.8 cm³/mol. The van der Waals surface area contributed by atoms with Gasteiger partial charge in [-0.1, -0.05) is 6.42 Å². The van der Waals surface area contributed by atoms with Gasteiger partial charge in [0.1, 0.15) is 0 Å². The summed E-state index contributed by atoms with van der Waals surface area (Å²) in [6.07, 6.45) is 8.92. The van der Waals surface area contributed by atoms with Gasteiger partial charge in [0.2, 0.25) is 5.91 Å². The predicted octanol–water partition coefficient (Wildman–Crippen LogP) is 2.02. The fraction of sp³-hybridized carbons (Fsp3) is 0.778. The maximum Gasteiger partial charge on any atom is 0.225 e. The van der Waals surface area contributed by atoms with Gasteiger partial charge in [-0.05, 0) is 50.0 Å². The summed E-state index contributed by atoms with van der Waals surface area (Å²) < 4.78 is 1.91. The molecule has 0 aromatic carbocycles. The third kappa shape index (κ3) is 2.80. The molecule has 0 spiro atoms. The first kappa shape index (κ1) is 15.2. The second kappa shape index (κ2) is 6.27. The summed E-state index contributed by atoms with van der Waals surface area (Å²) in [5.41, 5.74) is 1.21. The van der Waals surface area contributed by atoms with Crippen LogP contribution in [0.25, 0.3) is 0 Å². The van der Waals surface area contributed by atoms with E-state index < -0.39 is 0 Å². The normalized spacial score (nSPS) is 31.0. The van der Waals surface area contributed by atoms with Crippen molar-refractivity contribution in [3.05, 3.63) is 18.0 Å². The average Bonchev–Trinajstić information content (AvgIpc) is 3.31. The van der Waals surface area contributed by atoms with Gasteiger partial charge in [-0.3, -0.25) is 9.48 Å². The van der Waals surface area contributed by atoms with Gasteiger partial charge in [0.25, 0.3) is 0 Å². The summed E-state index contributed by atoms with van der Waals surface area (Å²) in [7, 11) is 0. The van der Waals surface area contributed by atoms with Gasteiger partial charge in [0, 0.05) is 36.8 Å². The second-order valence-corrected chi connectivity index (χ2v) is 7.58. The van der Waals surface area contributed by atoms with Crippen LogP contribution in [0.3, 0.4) is 0 Å². The summed E-state index contributed by atoms with van der Waals surface area (Å²) in [6, 6.07) is 2.06. The molecule has 2 saturated carbocycles. The number of aliphatic hydroxyl groups is 1. The lowest BCUT2D eigenvalue weighted by atomic mass is 9.86. The molecule has 1 saturated heterocycles. The van der Waals surface area contributed by atoms with Crippen molar-refractivity contribution in [2.45, 2.75) is 51.0 Å². The van der Waals surface area contributed by atoms with Gasteiger partial charge >= 0.3 is 0 Å². The number of fused-ring (bicyclic) bond motifs is 2. The van der Waals surface area contributed by atoms with Crippen molar-refractivity contribution < 1.29 is 9.90 Å². The minimum Gasteiger partial charge on any atom is -0.394 e. The Morgan fingerprint density at radius 3 is 2.70 bits per heavy atom. The molecule has 2 aliphatic carbocycles. The van der Waals surface area contributed by atoms with Crippen LogP contribution in [0.15, 0.2) is 12.3 Å². The minimum absolute atomic E-state index is 0.121. The summed E-state index contributed by atoms with van der Waals surface area (Å²) in [4.78, 5) is 14.9. The number of nitrogens with zero attached hydrogens (tertiary/aromatic N) is 3. The Kier molecular flexibility index (Phi) is 4.14. The van der Waals surface area contributed by atoms with Gasteiger partial charge in [-0.2, -0.15) is 5.10 Å². The zero-order valence-electron chi connectivity index (χ0n) is 13.7. The van der Waals surface area contributed by atoms with Crippen molar-refractivity contribution in [2.75, 3.05) is 19.7 Å². The number of aromatic nitrogens is 2. The van der Waals surface area contributed by atoms with E-state index in [4.69, 9.17) is 5.11 Å². The average molecular weight is 317 g/mol. The van der Waals surface area contributed by atoms with Crippen molar-refractivity contribution >= 4 is 5.91 Å². The van der Waals surface area contributed by atoms with E-state index in [-0.39, 0.29) is 6.61 Å². The number of amides is 1. The van der Waals surface area contributed by atoms with Crippen molar-refractivity contribution in [1.82, 2.24) is 14.7 Å². The Morgan fingerprint density at radius 1 is 1.22 bits per heavy atom. The van der Waals surface area contributed by atoms with Gasteiger partial charge in [0.15, 0.2) is 0 Å². The van der Waals surface area contributed by atoms with E-state index in [1.54, 1.807) is 0 Å². The second-order valence-electron chi connectivity index (χ2n) is 7.58. The molecule has 1 aromatic heterocycles. The van der Waals surface area contributed by atoms with Crippen molar-refractivity contribution in [3.63, 3.8) is 0 Å². The van der Waals surface area contributed by atoms with Crippen LogP contribution in [0.1, 0.15) is 50.1 Å². The molecule has 3 unspecified atom stereocenters. The molecule has 0 radical (unpaired) electrons. The molecule has 3 aliphatic rings. The molecule has 1 N–H and O–H groups in total. The maximum absolute atomic E-state index is 12.8. The Labute approximate surface area is 137 Å². The molecule has 1 amide bonds. The molecule has 4 rings (SSSR count). The molecule has 1 aliphatic heterocycles. The Hall–Kier alpha value is -1.36. The van der Waals surface area contributed by atoms with Crippen LogP contribution in [-0.4, -0.2) is 45.4 Å². The highest BCUT2D eigenvalue weighted by molar-refractivity contribution is 5.79. The molecule has 23 heavy (non-hydrogen) atoms. The topological polar surface area (TPSA) is 58.4 Å². The van der Waals surface area contributed by atoms with Crippen LogP contribution in [-0.2, 0) is 11.3 Å². The fourth-order valence-corrected chi connectivity index (χ4v) is 5.15. The minimum atomic E-state index is 0.121. The van der Waals surface area contributed by atoms with Crippen LogP contribution in [0.4, 0.5) is 0 Å². The molecular weight excluding hydrogens is 290 g/mol.